The molecule has 1 aliphatic rings. The average molecular weight is 481 g/mol. The molecule has 0 radical (unpaired) electrons. The van der Waals surface area contributed by atoms with E-state index in [4.69, 9.17) is 4.74 Å². The zero-order chi connectivity index (χ0) is 23.9. The van der Waals surface area contributed by atoms with E-state index in [9.17, 15) is 14.0 Å². The lowest BCUT2D eigenvalue weighted by Crippen LogP contribution is -2.45. The van der Waals surface area contributed by atoms with Crippen LogP contribution in [0.2, 0.25) is 0 Å². The number of halogens is 1. The van der Waals surface area contributed by atoms with Gasteiger partial charge in [0.2, 0.25) is 5.91 Å². The molecule has 5 nitrogen and oxygen atoms in total. The van der Waals surface area contributed by atoms with Gasteiger partial charge in [0.15, 0.2) is 0 Å². The molecule has 34 heavy (non-hydrogen) atoms. The molecule has 1 aromatic heterocycles. The molecule has 0 unspecified atom stereocenters. The van der Waals surface area contributed by atoms with E-state index in [1.807, 2.05) is 36.6 Å². The van der Waals surface area contributed by atoms with Crippen LogP contribution in [0.25, 0.3) is 0 Å². The molecule has 7 heteroatoms. The molecule has 2 amide bonds. The molecule has 0 saturated carbocycles. The van der Waals surface area contributed by atoms with E-state index in [2.05, 4.69) is 0 Å². The summed E-state index contributed by atoms with van der Waals surface area (Å²) in [6.45, 7) is 3.75. The maximum atomic E-state index is 13.5. The number of hydrogen-bond acceptors (Lipinski definition) is 4. The Morgan fingerprint density at radius 3 is 2.44 bits per heavy atom. The van der Waals surface area contributed by atoms with Gasteiger partial charge in [0.1, 0.15) is 12.4 Å². The van der Waals surface area contributed by atoms with Crippen LogP contribution in [0, 0.1) is 12.7 Å². The number of carbonyl (C=O) groups is 2. The minimum absolute atomic E-state index is 0.0425. The van der Waals surface area contributed by atoms with Crippen molar-refractivity contribution in [1.82, 2.24) is 9.80 Å². The molecule has 1 saturated heterocycles. The molecule has 0 bridgehead atoms. The standard InChI is InChI=1S/C27H29FN2O3S/c1-20-6-10-22(11-7-20)27(32)30(17-24-4-2-14-33-24)19-26(31)29(18-25-5-3-15-34-25)16-21-8-12-23(28)13-9-21/h3,5-13,15,24H,2,4,14,16-19H2,1H3/t24-/m1/s1. The van der Waals surface area contributed by atoms with Gasteiger partial charge in [0, 0.05) is 30.1 Å². The van der Waals surface area contributed by atoms with Gasteiger partial charge in [-0.25, -0.2) is 4.39 Å². The second kappa shape index (κ2) is 11.4. The van der Waals surface area contributed by atoms with Gasteiger partial charge in [-0.3, -0.25) is 9.59 Å². The van der Waals surface area contributed by atoms with Crippen LogP contribution in [0.3, 0.4) is 0 Å². The van der Waals surface area contributed by atoms with Crippen LogP contribution < -0.4 is 0 Å². The van der Waals surface area contributed by atoms with Gasteiger partial charge in [0.05, 0.1) is 12.6 Å². The van der Waals surface area contributed by atoms with Crippen molar-refractivity contribution in [2.24, 2.45) is 0 Å². The maximum absolute atomic E-state index is 13.5. The van der Waals surface area contributed by atoms with Gasteiger partial charge in [-0.05, 0) is 61.0 Å². The molecule has 4 rings (SSSR count). The van der Waals surface area contributed by atoms with Crippen LogP contribution >= 0.6 is 11.3 Å². The van der Waals surface area contributed by atoms with E-state index in [-0.39, 0.29) is 30.3 Å². The van der Waals surface area contributed by atoms with Crippen molar-refractivity contribution < 1.29 is 18.7 Å². The number of benzene rings is 2. The van der Waals surface area contributed by atoms with E-state index in [0.29, 0.717) is 31.8 Å². The number of thiophene rings is 1. The van der Waals surface area contributed by atoms with E-state index < -0.39 is 0 Å². The average Bonchev–Trinajstić information content (AvgIpc) is 3.54. The summed E-state index contributed by atoms with van der Waals surface area (Å²) in [5.41, 5.74) is 2.46. The van der Waals surface area contributed by atoms with E-state index in [1.54, 1.807) is 45.4 Å². The second-order valence-corrected chi connectivity index (χ2v) is 9.67. The van der Waals surface area contributed by atoms with Crippen LogP contribution in [0.15, 0.2) is 66.0 Å². The van der Waals surface area contributed by atoms with Gasteiger partial charge in [0.25, 0.3) is 5.91 Å². The molecule has 1 fully saturated rings. The van der Waals surface area contributed by atoms with Crippen molar-refractivity contribution in [2.45, 2.75) is 39.0 Å². The Morgan fingerprint density at radius 2 is 1.79 bits per heavy atom. The number of carbonyl (C=O) groups excluding carboxylic acids is 2. The fourth-order valence-corrected chi connectivity index (χ4v) is 4.75. The zero-order valence-electron chi connectivity index (χ0n) is 19.3. The molecule has 2 aromatic carbocycles. The highest BCUT2D eigenvalue weighted by Crippen LogP contribution is 2.18. The number of amides is 2. The molecular weight excluding hydrogens is 451 g/mol. The summed E-state index contributed by atoms with van der Waals surface area (Å²) in [5.74, 6) is -0.649. The smallest absolute Gasteiger partial charge is 0.254 e. The maximum Gasteiger partial charge on any atom is 0.254 e. The summed E-state index contributed by atoms with van der Waals surface area (Å²) < 4.78 is 19.2. The molecule has 178 valence electrons. The zero-order valence-corrected chi connectivity index (χ0v) is 20.1. The van der Waals surface area contributed by atoms with Gasteiger partial charge < -0.3 is 14.5 Å². The first-order chi connectivity index (χ1) is 16.5. The monoisotopic (exact) mass is 480 g/mol. The van der Waals surface area contributed by atoms with E-state index >= 15 is 0 Å². The third-order valence-corrected chi connectivity index (χ3v) is 6.79. The van der Waals surface area contributed by atoms with Crippen molar-refractivity contribution in [3.63, 3.8) is 0 Å². The van der Waals surface area contributed by atoms with Crippen LogP contribution in [0.1, 0.15) is 39.2 Å². The summed E-state index contributed by atoms with van der Waals surface area (Å²) in [4.78, 5) is 31.3. The lowest BCUT2D eigenvalue weighted by molar-refractivity contribution is -0.133. The molecular formula is C27H29FN2O3S. The molecule has 2 heterocycles. The molecule has 0 N–H and O–H groups in total. The highest BCUT2D eigenvalue weighted by Gasteiger charge is 2.27. The molecule has 0 spiro atoms. The summed E-state index contributed by atoms with van der Waals surface area (Å²) in [6.07, 6.45) is 1.77. The minimum atomic E-state index is -0.314. The van der Waals surface area contributed by atoms with E-state index in [1.165, 1.54) is 12.1 Å². The molecule has 3 aromatic rings. The predicted octanol–water partition coefficient (Wildman–Crippen LogP) is 5.05. The highest BCUT2D eigenvalue weighted by atomic mass is 32.1. The molecule has 1 atom stereocenters. The van der Waals surface area contributed by atoms with Crippen molar-refractivity contribution in [1.29, 1.82) is 0 Å². The van der Waals surface area contributed by atoms with E-state index in [0.717, 1.165) is 28.8 Å². The van der Waals surface area contributed by atoms with Crippen LogP contribution in [-0.4, -0.2) is 47.4 Å². The predicted molar refractivity (Wildman–Crippen MR) is 131 cm³/mol. The van der Waals surface area contributed by atoms with Crippen LogP contribution in [0.5, 0.6) is 0 Å². The summed E-state index contributed by atoms with van der Waals surface area (Å²) >= 11 is 1.58. The van der Waals surface area contributed by atoms with Crippen molar-refractivity contribution in [3.05, 3.63) is 93.4 Å². The molecule has 0 aliphatic carbocycles. The third-order valence-electron chi connectivity index (χ3n) is 5.93. The van der Waals surface area contributed by atoms with Crippen molar-refractivity contribution >= 4 is 23.2 Å². The van der Waals surface area contributed by atoms with Crippen LogP contribution in [-0.2, 0) is 22.6 Å². The number of hydrogen-bond donors (Lipinski definition) is 0. The lowest BCUT2D eigenvalue weighted by Gasteiger charge is -2.29. The fourth-order valence-electron chi connectivity index (χ4n) is 4.03. The Morgan fingerprint density at radius 1 is 1.03 bits per heavy atom. The van der Waals surface area contributed by atoms with Gasteiger partial charge in [-0.2, -0.15) is 0 Å². The number of nitrogens with zero attached hydrogens (tertiary/aromatic N) is 2. The third kappa shape index (κ3) is 6.52. The number of ether oxygens (including phenoxy) is 1. The van der Waals surface area contributed by atoms with Gasteiger partial charge >= 0.3 is 0 Å². The quantitative estimate of drug-likeness (QED) is 0.431. The summed E-state index contributed by atoms with van der Waals surface area (Å²) in [5, 5.41) is 1.97. The normalized spacial score (nSPS) is 15.3. The Labute approximate surface area is 203 Å². The minimum Gasteiger partial charge on any atom is -0.376 e. The first-order valence-electron chi connectivity index (χ1n) is 11.5. The summed E-state index contributed by atoms with van der Waals surface area (Å²) in [6, 6.07) is 17.5. The first kappa shape index (κ1) is 24.1. The second-order valence-electron chi connectivity index (χ2n) is 8.64. The van der Waals surface area contributed by atoms with Gasteiger partial charge in [-0.15, -0.1) is 11.3 Å². The fraction of sp³-hybridized carbons (Fsp3) is 0.333. The number of aryl methyl sites for hydroxylation is 1. The topological polar surface area (TPSA) is 49.9 Å². The van der Waals surface area contributed by atoms with Crippen molar-refractivity contribution in [2.75, 3.05) is 19.7 Å². The Balaban J connectivity index is 1.54. The Kier molecular flexibility index (Phi) is 8.08. The Bertz CT molecular complexity index is 1080. The number of rotatable bonds is 9. The summed E-state index contributed by atoms with van der Waals surface area (Å²) in [7, 11) is 0. The molecule has 1 aliphatic heterocycles. The van der Waals surface area contributed by atoms with Crippen LogP contribution in [0.4, 0.5) is 4.39 Å². The van der Waals surface area contributed by atoms with Gasteiger partial charge in [-0.1, -0.05) is 35.9 Å². The SMILES string of the molecule is Cc1ccc(C(=O)N(CC(=O)N(Cc2ccc(F)cc2)Cc2cccs2)C[C@H]2CCCO2)cc1. The van der Waals surface area contributed by atoms with Crippen molar-refractivity contribution in [3.8, 4) is 0 Å². The first-order valence-corrected chi connectivity index (χ1v) is 12.4. The largest absolute Gasteiger partial charge is 0.376 e. The lowest BCUT2D eigenvalue weighted by atomic mass is 10.1. The Hall–Kier alpha value is -3.03. The highest BCUT2D eigenvalue weighted by molar-refractivity contribution is 7.09.